The molecule has 0 saturated carbocycles. The Morgan fingerprint density at radius 1 is 0.879 bits per heavy atom. The van der Waals surface area contributed by atoms with E-state index in [9.17, 15) is 13.6 Å². The van der Waals surface area contributed by atoms with Gasteiger partial charge in [0, 0.05) is 30.8 Å². The van der Waals surface area contributed by atoms with Crippen molar-refractivity contribution in [3.8, 4) is 11.6 Å². The SMILES string of the molecule is O=C(NCc1ccnc(Oc2ccc(F)cc2)c1)c1cccnc1SCc1ccc(F)cc1. The standard InChI is InChI=1S/C25H19F2N3O2S/c26-19-5-3-17(4-6-19)16-33-25-22(2-1-12-29-25)24(31)30-15-18-11-13-28-23(14-18)32-21-9-7-20(27)8-10-21/h1-14H,15-16H2,(H,30,31). The number of halogens is 2. The molecule has 5 nitrogen and oxygen atoms in total. The van der Waals surface area contributed by atoms with E-state index in [1.165, 1.54) is 48.2 Å². The van der Waals surface area contributed by atoms with Gasteiger partial charge in [0.2, 0.25) is 5.88 Å². The van der Waals surface area contributed by atoms with Crippen molar-refractivity contribution in [1.82, 2.24) is 15.3 Å². The van der Waals surface area contributed by atoms with Gasteiger partial charge in [0.05, 0.1) is 5.56 Å². The first kappa shape index (κ1) is 22.4. The van der Waals surface area contributed by atoms with Crippen LogP contribution in [0.1, 0.15) is 21.5 Å². The Kier molecular flexibility index (Phi) is 7.26. The predicted octanol–water partition coefficient (Wildman–Crippen LogP) is 5.77. The number of hydrogen-bond donors (Lipinski definition) is 1. The average molecular weight is 464 g/mol. The van der Waals surface area contributed by atoms with Crippen molar-refractivity contribution in [2.24, 2.45) is 0 Å². The zero-order chi connectivity index (χ0) is 23.0. The maximum atomic E-state index is 13.1. The normalized spacial score (nSPS) is 10.6. The summed E-state index contributed by atoms with van der Waals surface area (Å²) in [5, 5.41) is 3.48. The number of nitrogens with one attached hydrogen (secondary N) is 1. The fraction of sp³-hybridized carbons (Fsp3) is 0.0800. The molecule has 0 saturated heterocycles. The van der Waals surface area contributed by atoms with Crippen molar-refractivity contribution >= 4 is 17.7 Å². The van der Waals surface area contributed by atoms with Crippen molar-refractivity contribution in [1.29, 1.82) is 0 Å². The number of pyridine rings is 2. The molecule has 4 rings (SSSR count). The van der Waals surface area contributed by atoms with Crippen LogP contribution in [0, 0.1) is 11.6 Å². The van der Waals surface area contributed by atoms with Crippen molar-refractivity contribution in [3.63, 3.8) is 0 Å². The summed E-state index contributed by atoms with van der Waals surface area (Å²) in [6, 6.07) is 18.8. The van der Waals surface area contributed by atoms with Crippen molar-refractivity contribution in [3.05, 3.63) is 114 Å². The Morgan fingerprint density at radius 3 is 2.36 bits per heavy atom. The minimum absolute atomic E-state index is 0.262. The first-order valence-corrected chi connectivity index (χ1v) is 11.0. The van der Waals surface area contributed by atoms with E-state index in [0.29, 0.717) is 28.0 Å². The largest absolute Gasteiger partial charge is 0.439 e. The summed E-state index contributed by atoms with van der Waals surface area (Å²) >= 11 is 1.41. The molecule has 0 spiro atoms. The van der Waals surface area contributed by atoms with Crippen LogP contribution in [0.15, 0.2) is 90.2 Å². The lowest BCUT2D eigenvalue weighted by Crippen LogP contribution is -2.23. The molecule has 0 aliphatic rings. The summed E-state index contributed by atoms with van der Waals surface area (Å²) in [5.41, 5.74) is 2.19. The Balaban J connectivity index is 1.38. The van der Waals surface area contributed by atoms with Crippen LogP contribution >= 0.6 is 11.8 Å². The van der Waals surface area contributed by atoms with Crippen LogP contribution in [0.2, 0.25) is 0 Å². The van der Waals surface area contributed by atoms with E-state index in [0.717, 1.165) is 11.1 Å². The molecule has 8 heteroatoms. The molecular formula is C25H19F2N3O2S. The second kappa shape index (κ2) is 10.7. The van der Waals surface area contributed by atoms with Crippen molar-refractivity contribution in [2.75, 3.05) is 0 Å². The van der Waals surface area contributed by atoms with Crippen LogP contribution in [0.25, 0.3) is 0 Å². The zero-order valence-electron chi connectivity index (χ0n) is 17.4. The molecule has 0 aliphatic heterocycles. The van der Waals surface area contributed by atoms with Gasteiger partial charge in [-0.15, -0.1) is 11.8 Å². The van der Waals surface area contributed by atoms with E-state index < -0.39 is 0 Å². The lowest BCUT2D eigenvalue weighted by atomic mass is 10.2. The monoisotopic (exact) mass is 463 g/mol. The van der Waals surface area contributed by atoms with Crippen molar-refractivity contribution in [2.45, 2.75) is 17.3 Å². The lowest BCUT2D eigenvalue weighted by molar-refractivity contribution is 0.0947. The van der Waals surface area contributed by atoms with Gasteiger partial charge in [-0.25, -0.2) is 18.7 Å². The Labute approximate surface area is 193 Å². The molecule has 0 fully saturated rings. The molecule has 1 N–H and O–H groups in total. The first-order chi connectivity index (χ1) is 16.1. The third kappa shape index (κ3) is 6.36. The molecule has 0 atom stereocenters. The summed E-state index contributed by atoms with van der Waals surface area (Å²) in [5.74, 6) is 0.462. The highest BCUT2D eigenvalue weighted by Gasteiger charge is 2.13. The van der Waals surface area contributed by atoms with Gasteiger partial charge in [-0.05, 0) is 65.7 Å². The van der Waals surface area contributed by atoms with Crippen LogP contribution in [-0.4, -0.2) is 15.9 Å². The van der Waals surface area contributed by atoms with Gasteiger partial charge in [-0.2, -0.15) is 0 Å². The van der Waals surface area contributed by atoms with E-state index in [2.05, 4.69) is 15.3 Å². The number of benzene rings is 2. The molecule has 2 aromatic heterocycles. The van der Waals surface area contributed by atoms with Gasteiger partial charge in [0.15, 0.2) is 0 Å². The van der Waals surface area contributed by atoms with Crippen LogP contribution < -0.4 is 10.1 Å². The van der Waals surface area contributed by atoms with Gasteiger partial charge in [-0.1, -0.05) is 12.1 Å². The fourth-order valence-corrected chi connectivity index (χ4v) is 3.88. The number of nitrogens with zero attached hydrogens (tertiary/aromatic N) is 2. The number of thioether (sulfide) groups is 1. The number of carbonyl (C=O) groups excluding carboxylic acids is 1. The van der Waals surface area contributed by atoms with E-state index >= 15 is 0 Å². The first-order valence-electron chi connectivity index (χ1n) is 10.1. The van der Waals surface area contributed by atoms with E-state index in [4.69, 9.17) is 4.74 Å². The highest BCUT2D eigenvalue weighted by atomic mass is 32.2. The molecule has 4 aromatic rings. The maximum Gasteiger partial charge on any atom is 0.254 e. The summed E-state index contributed by atoms with van der Waals surface area (Å²) in [6.45, 7) is 0.262. The number of aromatic nitrogens is 2. The molecule has 0 radical (unpaired) electrons. The molecule has 33 heavy (non-hydrogen) atoms. The smallest absolute Gasteiger partial charge is 0.254 e. The molecule has 0 aliphatic carbocycles. The predicted molar refractivity (Wildman–Crippen MR) is 122 cm³/mol. The second-order valence-corrected chi connectivity index (χ2v) is 7.98. The van der Waals surface area contributed by atoms with Gasteiger partial charge >= 0.3 is 0 Å². The molecule has 0 unspecified atom stereocenters. The summed E-state index contributed by atoms with van der Waals surface area (Å²) in [4.78, 5) is 21.3. The number of carbonyl (C=O) groups is 1. The van der Waals surface area contributed by atoms with E-state index in [1.54, 1.807) is 48.8 Å². The summed E-state index contributed by atoms with van der Waals surface area (Å²) in [6.07, 6.45) is 3.21. The third-order valence-electron chi connectivity index (χ3n) is 4.59. The number of ether oxygens (including phenoxy) is 1. The number of rotatable bonds is 8. The fourth-order valence-electron chi connectivity index (χ4n) is 2.93. The van der Waals surface area contributed by atoms with Gasteiger partial charge in [0.25, 0.3) is 5.91 Å². The maximum absolute atomic E-state index is 13.1. The lowest BCUT2D eigenvalue weighted by Gasteiger charge is -2.10. The van der Waals surface area contributed by atoms with Gasteiger partial charge < -0.3 is 10.1 Å². The third-order valence-corrected chi connectivity index (χ3v) is 5.67. The Morgan fingerprint density at radius 2 is 1.61 bits per heavy atom. The summed E-state index contributed by atoms with van der Waals surface area (Å²) < 4.78 is 31.8. The van der Waals surface area contributed by atoms with Crippen molar-refractivity contribution < 1.29 is 18.3 Å². The number of amides is 1. The molecule has 2 heterocycles. The van der Waals surface area contributed by atoms with Crippen LogP contribution in [0.4, 0.5) is 8.78 Å². The average Bonchev–Trinajstić information content (AvgIpc) is 2.84. The van der Waals surface area contributed by atoms with E-state index in [-0.39, 0.29) is 24.1 Å². The van der Waals surface area contributed by atoms with Crippen LogP contribution in [0.3, 0.4) is 0 Å². The zero-order valence-corrected chi connectivity index (χ0v) is 18.2. The minimum Gasteiger partial charge on any atom is -0.439 e. The topological polar surface area (TPSA) is 64.1 Å². The van der Waals surface area contributed by atoms with Crippen LogP contribution in [0.5, 0.6) is 11.6 Å². The number of hydrogen-bond acceptors (Lipinski definition) is 5. The highest BCUT2D eigenvalue weighted by molar-refractivity contribution is 7.98. The Hall–Kier alpha value is -3.78. The quantitative estimate of drug-likeness (QED) is 0.336. The highest BCUT2D eigenvalue weighted by Crippen LogP contribution is 2.25. The molecular weight excluding hydrogens is 444 g/mol. The Bertz CT molecular complexity index is 1240. The molecule has 2 aromatic carbocycles. The van der Waals surface area contributed by atoms with E-state index in [1.807, 2.05) is 0 Å². The summed E-state index contributed by atoms with van der Waals surface area (Å²) in [7, 11) is 0. The minimum atomic E-state index is -0.350. The van der Waals surface area contributed by atoms with Gasteiger partial charge in [0.1, 0.15) is 22.4 Å². The van der Waals surface area contributed by atoms with Gasteiger partial charge in [-0.3, -0.25) is 4.79 Å². The molecule has 0 bridgehead atoms. The molecule has 166 valence electrons. The second-order valence-electron chi connectivity index (χ2n) is 7.01. The van der Waals surface area contributed by atoms with Crippen LogP contribution in [-0.2, 0) is 12.3 Å². The molecule has 1 amide bonds.